The van der Waals surface area contributed by atoms with E-state index in [-0.39, 0.29) is 11.2 Å². The molecule has 6 rings (SSSR count). The number of anilines is 1. The van der Waals surface area contributed by atoms with Crippen molar-refractivity contribution in [2.45, 2.75) is 45.1 Å². The zero-order valence-corrected chi connectivity index (χ0v) is 21.9. The number of hydrogen-bond donors (Lipinski definition) is 1. The molecule has 1 aliphatic rings. The topological polar surface area (TPSA) is 107 Å². The second-order valence-electron chi connectivity index (χ2n) is 9.98. The van der Waals surface area contributed by atoms with Gasteiger partial charge in [0.2, 0.25) is 0 Å². The lowest BCUT2D eigenvalue weighted by molar-refractivity contribution is -0.119. The van der Waals surface area contributed by atoms with Crippen molar-refractivity contribution < 1.29 is 23.3 Å². The Morgan fingerprint density at radius 2 is 1.64 bits per heavy atom. The van der Waals surface area contributed by atoms with Crippen molar-refractivity contribution in [3.63, 3.8) is 0 Å². The Morgan fingerprint density at radius 1 is 0.974 bits per heavy atom. The van der Waals surface area contributed by atoms with E-state index >= 15 is 0 Å². The van der Waals surface area contributed by atoms with Crippen LogP contribution in [-0.2, 0) is 14.9 Å². The molecule has 8 nitrogen and oxygen atoms in total. The van der Waals surface area contributed by atoms with Gasteiger partial charge in [-0.05, 0) is 56.4 Å². The second kappa shape index (κ2) is 9.54. The standard InChI is InChI=1S/C31H27N3O5/c1-18-27(33-30(36)38-19(2)25-5-4-6-26-28(25)32-17-37-26)29(39-34-18)23-9-7-21(8-10-23)22-11-13-24(14-12-22)31(15-16-31)20(3)35/h4-14,17,19H,15-16H2,1-3H3,(H,33,36). The second-order valence-corrected chi connectivity index (χ2v) is 9.98. The first-order valence-electron chi connectivity index (χ1n) is 12.8. The number of Topliss-reactive ketones (excluding diaryl/α,β-unsaturated/α-hetero) is 1. The molecule has 1 amide bonds. The van der Waals surface area contributed by atoms with Gasteiger partial charge in [0.1, 0.15) is 28.8 Å². The molecule has 5 aromatic rings. The van der Waals surface area contributed by atoms with Crippen molar-refractivity contribution in [1.82, 2.24) is 10.1 Å². The van der Waals surface area contributed by atoms with E-state index in [2.05, 4.69) is 39.7 Å². The highest BCUT2D eigenvalue weighted by molar-refractivity contribution is 5.92. The fourth-order valence-corrected chi connectivity index (χ4v) is 5.07. The van der Waals surface area contributed by atoms with E-state index in [9.17, 15) is 9.59 Å². The minimum Gasteiger partial charge on any atom is -0.443 e. The summed E-state index contributed by atoms with van der Waals surface area (Å²) in [6.07, 6.45) is 2.03. The van der Waals surface area contributed by atoms with Crippen molar-refractivity contribution in [1.29, 1.82) is 0 Å². The Hall–Kier alpha value is -4.72. The van der Waals surface area contributed by atoms with E-state index in [0.29, 0.717) is 28.2 Å². The van der Waals surface area contributed by atoms with Crippen LogP contribution in [0.1, 0.15) is 49.6 Å². The summed E-state index contributed by atoms with van der Waals surface area (Å²) in [7, 11) is 0. The van der Waals surface area contributed by atoms with Crippen LogP contribution in [0, 0.1) is 6.92 Å². The average Bonchev–Trinajstić information content (AvgIpc) is 3.49. The third-order valence-corrected chi connectivity index (χ3v) is 7.55. The van der Waals surface area contributed by atoms with Gasteiger partial charge in [0, 0.05) is 11.1 Å². The highest BCUT2D eigenvalue weighted by Gasteiger charge is 2.48. The molecule has 2 aromatic heterocycles. The van der Waals surface area contributed by atoms with Gasteiger partial charge in [-0.3, -0.25) is 10.1 Å². The lowest BCUT2D eigenvalue weighted by Crippen LogP contribution is -2.17. The SMILES string of the molecule is CC(=O)C1(c2ccc(-c3ccc(-c4onc(C)c4NC(=O)OC(C)c4cccc5ocnc45)cc3)cc2)CC1. The molecule has 196 valence electrons. The summed E-state index contributed by atoms with van der Waals surface area (Å²) in [6.45, 7) is 5.21. The van der Waals surface area contributed by atoms with E-state index in [1.165, 1.54) is 6.39 Å². The Kier molecular flexibility index (Phi) is 6.02. The van der Waals surface area contributed by atoms with Gasteiger partial charge in [-0.2, -0.15) is 0 Å². The Morgan fingerprint density at radius 3 is 2.31 bits per heavy atom. The monoisotopic (exact) mass is 521 g/mol. The van der Waals surface area contributed by atoms with Crippen LogP contribution in [0.3, 0.4) is 0 Å². The van der Waals surface area contributed by atoms with Gasteiger partial charge in [0.25, 0.3) is 0 Å². The van der Waals surface area contributed by atoms with Gasteiger partial charge in [-0.15, -0.1) is 0 Å². The van der Waals surface area contributed by atoms with Crippen molar-refractivity contribution in [2.24, 2.45) is 0 Å². The van der Waals surface area contributed by atoms with Gasteiger partial charge in [0.15, 0.2) is 17.7 Å². The van der Waals surface area contributed by atoms with E-state index in [0.717, 1.165) is 40.7 Å². The zero-order valence-electron chi connectivity index (χ0n) is 21.9. The lowest BCUT2D eigenvalue weighted by Gasteiger charge is -2.14. The number of oxazole rings is 1. The molecule has 0 radical (unpaired) electrons. The maximum Gasteiger partial charge on any atom is 0.412 e. The molecule has 0 saturated heterocycles. The smallest absolute Gasteiger partial charge is 0.412 e. The number of ketones is 1. The van der Waals surface area contributed by atoms with Gasteiger partial charge >= 0.3 is 6.09 Å². The molecular formula is C31H27N3O5. The molecule has 39 heavy (non-hydrogen) atoms. The lowest BCUT2D eigenvalue weighted by atomic mass is 9.90. The summed E-state index contributed by atoms with van der Waals surface area (Å²) < 4.78 is 16.6. The molecule has 1 saturated carbocycles. The highest BCUT2D eigenvalue weighted by Crippen LogP contribution is 2.49. The summed E-state index contributed by atoms with van der Waals surface area (Å²) in [5.74, 6) is 0.673. The summed E-state index contributed by atoms with van der Waals surface area (Å²) in [5.41, 5.74) is 6.66. The maximum absolute atomic E-state index is 12.8. The van der Waals surface area contributed by atoms with Crippen molar-refractivity contribution in [2.75, 3.05) is 5.32 Å². The van der Waals surface area contributed by atoms with Gasteiger partial charge < -0.3 is 13.7 Å². The van der Waals surface area contributed by atoms with E-state index in [1.54, 1.807) is 20.8 Å². The van der Waals surface area contributed by atoms with Crippen LogP contribution in [0.2, 0.25) is 0 Å². The number of benzene rings is 3. The molecule has 0 bridgehead atoms. The minimum atomic E-state index is -0.633. The number of ether oxygens (including phenoxy) is 1. The van der Waals surface area contributed by atoms with Gasteiger partial charge in [-0.25, -0.2) is 9.78 Å². The number of carbonyl (C=O) groups is 2. The third kappa shape index (κ3) is 4.48. The van der Waals surface area contributed by atoms with Crippen LogP contribution in [0.15, 0.2) is 82.1 Å². The molecule has 1 aliphatic carbocycles. The Labute approximate surface area is 225 Å². The largest absolute Gasteiger partial charge is 0.443 e. The maximum atomic E-state index is 12.8. The Bertz CT molecular complexity index is 1680. The predicted octanol–water partition coefficient (Wildman–Crippen LogP) is 7.39. The van der Waals surface area contributed by atoms with E-state index in [1.807, 2.05) is 42.5 Å². The van der Waals surface area contributed by atoms with E-state index < -0.39 is 12.2 Å². The molecule has 1 N–H and O–H groups in total. The fraction of sp³-hybridized carbons (Fsp3) is 0.226. The number of rotatable bonds is 7. The summed E-state index contributed by atoms with van der Waals surface area (Å²) in [5, 5.41) is 6.85. The average molecular weight is 522 g/mol. The molecule has 1 atom stereocenters. The number of aromatic nitrogens is 2. The first-order valence-corrected chi connectivity index (χ1v) is 12.8. The number of aryl methyl sites for hydroxylation is 1. The number of hydrogen-bond acceptors (Lipinski definition) is 7. The number of amides is 1. The van der Waals surface area contributed by atoms with Gasteiger partial charge in [0.05, 0.1) is 5.41 Å². The minimum absolute atomic E-state index is 0.233. The molecule has 1 unspecified atom stereocenters. The zero-order chi connectivity index (χ0) is 27.1. The van der Waals surface area contributed by atoms with Crippen molar-refractivity contribution in [3.05, 3.63) is 89.9 Å². The predicted molar refractivity (Wildman–Crippen MR) is 146 cm³/mol. The van der Waals surface area contributed by atoms with Crippen molar-refractivity contribution >= 4 is 28.7 Å². The van der Waals surface area contributed by atoms with Crippen LogP contribution >= 0.6 is 0 Å². The number of fused-ring (bicyclic) bond motifs is 1. The molecule has 1 fully saturated rings. The number of carbonyl (C=O) groups excluding carboxylic acids is 2. The molecule has 0 aliphatic heterocycles. The summed E-state index contributed by atoms with van der Waals surface area (Å²) in [6, 6.07) is 21.5. The summed E-state index contributed by atoms with van der Waals surface area (Å²) in [4.78, 5) is 29.1. The molecule has 3 aromatic carbocycles. The number of para-hydroxylation sites is 1. The van der Waals surface area contributed by atoms with E-state index in [4.69, 9.17) is 13.7 Å². The third-order valence-electron chi connectivity index (χ3n) is 7.55. The highest BCUT2D eigenvalue weighted by atomic mass is 16.6. The van der Waals surface area contributed by atoms with Crippen molar-refractivity contribution in [3.8, 4) is 22.5 Å². The number of nitrogens with zero attached hydrogens (tertiary/aromatic N) is 2. The van der Waals surface area contributed by atoms with Crippen LogP contribution in [-0.4, -0.2) is 22.0 Å². The van der Waals surface area contributed by atoms with Crippen LogP contribution in [0.25, 0.3) is 33.6 Å². The Balaban J connectivity index is 1.17. The number of nitrogens with one attached hydrogen (secondary N) is 1. The normalized spacial score (nSPS) is 14.6. The molecular weight excluding hydrogens is 494 g/mol. The van der Waals surface area contributed by atoms with Crippen LogP contribution < -0.4 is 5.32 Å². The first-order chi connectivity index (χ1) is 18.9. The fourth-order valence-electron chi connectivity index (χ4n) is 5.07. The quantitative estimate of drug-likeness (QED) is 0.238. The van der Waals surface area contributed by atoms with Crippen LogP contribution in [0.4, 0.5) is 10.5 Å². The van der Waals surface area contributed by atoms with Crippen LogP contribution in [0.5, 0.6) is 0 Å². The summed E-state index contributed by atoms with van der Waals surface area (Å²) >= 11 is 0. The molecule has 2 heterocycles. The molecule has 8 heteroatoms. The first kappa shape index (κ1) is 24.6. The van der Waals surface area contributed by atoms with Gasteiger partial charge in [-0.1, -0.05) is 65.8 Å². The molecule has 0 spiro atoms.